The van der Waals surface area contributed by atoms with Crippen LogP contribution in [0, 0.1) is 0 Å². The molecule has 1 aliphatic heterocycles. The summed E-state index contributed by atoms with van der Waals surface area (Å²) < 4.78 is 5.57. The van der Waals surface area contributed by atoms with Gasteiger partial charge in [-0.2, -0.15) is 10.1 Å². The number of amides is 1. The molecular weight excluding hydrogens is 256 g/mol. The number of carbonyl (C=O) groups excluding carboxylic acids is 1. The van der Waals surface area contributed by atoms with Crippen molar-refractivity contribution in [2.75, 3.05) is 19.1 Å². The maximum atomic E-state index is 12.3. The van der Waals surface area contributed by atoms with Crippen molar-refractivity contribution in [2.45, 2.75) is 6.92 Å². The van der Waals surface area contributed by atoms with Gasteiger partial charge in [0.05, 0.1) is 11.3 Å². The van der Waals surface area contributed by atoms with E-state index >= 15 is 0 Å². The summed E-state index contributed by atoms with van der Waals surface area (Å²) in [6, 6.07) is 7.55. The quantitative estimate of drug-likeness (QED) is 0.783. The number of aromatic nitrogens is 1. The van der Waals surface area contributed by atoms with Crippen LogP contribution in [0.5, 0.6) is 0 Å². The van der Waals surface area contributed by atoms with Gasteiger partial charge in [0.1, 0.15) is 5.52 Å². The lowest BCUT2D eigenvalue weighted by molar-refractivity contribution is -0.114. The van der Waals surface area contributed by atoms with Crippen LogP contribution in [0.3, 0.4) is 0 Å². The monoisotopic (exact) mass is 270 g/mol. The zero-order valence-corrected chi connectivity index (χ0v) is 11.5. The first-order chi connectivity index (χ1) is 9.56. The molecule has 0 spiro atoms. The third kappa shape index (κ3) is 1.95. The summed E-state index contributed by atoms with van der Waals surface area (Å²) in [5, 5.41) is 5.42. The smallest absolute Gasteiger partial charge is 0.327 e. The number of hydrazone groups is 1. The summed E-state index contributed by atoms with van der Waals surface area (Å²) >= 11 is 0. The molecule has 0 saturated carbocycles. The van der Waals surface area contributed by atoms with Crippen LogP contribution >= 0.6 is 0 Å². The fourth-order valence-corrected chi connectivity index (χ4v) is 2.01. The molecule has 2 heterocycles. The molecule has 1 amide bonds. The minimum atomic E-state index is -0.234. The Morgan fingerprint density at radius 1 is 1.30 bits per heavy atom. The highest BCUT2D eigenvalue weighted by molar-refractivity contribution is 6.29. The van der Waals surface area contributed by atoms with E-state index in [2.05, 4.69) is 10.1 Å². The summed E-state index contributed by atoms with van der Waals surface area (Å²) in [4.78, 5) is 18.4. The molecule has 0 unspecified atom stereocenters. The maximum Gasteiger partial charge on any atom is 0.327 e. The minimum absolute atomic E-state index is 0.192. The molecule has 0 aliphatic carbocycles. The Kier molecular flexibility index (Phi) is 2.78. The number of carbonyl (C=O) groups is 1. The predicted octanol–water partition coefficient (Wildman–Crippen LogP) is 2.00. The second-order valence-corrected chi connectivity index (χ2v) is 4.77. The van der Waals surface area contributed by atoms with E-state index in [0.29, 0.717) is 22.4 Å². The van der Waals surface area contributed by atoms with Crippen molar-refractivity contribution in [3.63, 3.8) is 0 Å². The van der Waals surface area contributed by atoms with E-state index in [4.69, 9.17) is 4.42 Å². The maximum absolute atomic E-state index is 12.3. The fraction of sp³-hybridized carbons (Fsp3) is 0.214. The first kappa shape index (κ1) is 12.4. The summed E-state index contributed by atoms with van der Waals surface area (Å²) in [5.74, 6) is -0.234. The average Bonchev–Trinajstić information content (AvgIpc) is 2.94. The van der Waals surface area contributed by atoms with E-state index in [0.717, 1.165) is 0 Å². The van der Waals surface area contributed by atoms with Gasteiger partial charge in [-0.05, 0) is 19.1 Å². The second kappa shape index (κ2) is 4.48. The van der Waals surface area contributed by atoms with Crippen molar-refractivity contribution in [3.05, 3.63) is 36.0 Å². The van der Waals surface area contributed by atoms with Crippen molar-refractivity contribution >= 4 is 28.7 Å². The van der Waals surface area contributed by atoms with Crippen molar-refractivity contribution in [2.24, 2.45) is 5.10 Å². The van der Waals surface area contributed by atoms with Gasteiger partial charge in [0.15, 0.2) is 5.58 Å². The molecule has 0 atom stereocenters. The van der Waals surface area contributed by atoms with E-state index in [9.17, 15) is 4.79 Å². The zero-order valence-electron chi connectivity index (χ0n) is 11.5. The third-order valence-corrected chi connectivity index (χ3v) is 2.91. The highest BCUT2D eigenvalue weighted by Gasteiger charge is 2.32. The lowest BCUT2D eigenvalue weighted by atomic mass is 10.2. The lowest BCUT2D eigenvalue weighted by Crippen LogP contribution is -2.22. The average molecular weight is 270 g/mol. The molecule has 0 bridgehead atoms. The number of benzene rings is 1. The number of hydrogen-bond acceptors (Lipinski definition) is 5. The first-order valence-electron chi connectivity index (χ1n) is 6.20. The van der Waals surface area contributed by atoms with Crippen LogP contribution in [-0.4, -0.2) is 35.6 Å². The van der Waals surface area contributed by atoms with Crippen molar-refractivity contribution in [3.8, 4) is 0 Å². The van der Waals surface area contributed by atoms with Gasteiger partial charge in [-0.3, -0.25) is 4.79 Å². The van der Waals surface area contributed by atoms with Gasteiger partial charge in [0.2, 0.25) is 0 Å². The molecule has 1 aromatic heterocycles. The lowest BCUT2D eigenvalue weighted by Gasteiger charge is -2.07. The van der Waals surface area contributed by atoms with Crippen LogP contribution in [0.1, 0.15) is 6.92 Å². The third-order valence-electron chi connectivity index (χ3n) is 2.91. The van der Waals surface area contributed by atoms with Gasteiger partial charge < -0.3 is 9.32 Å². The highest BCUT2D eigenvalue weighted by atomic mass is 16.4. The molecule has 6 heteroatoms. The van der Waals surface area contributed by atoms with E-state index in [1.165, 1.54) is 5.01 Å². The summed E-state index contributed by atoms with van der Waals surface area (Å²) in [7, 11) is 3.71. The molecule has 0 radical (unpaired) electrons. The Bertz CT molecular complexity index is 709. The number of rotatable bonds is 2. The van der Waals surface area contributed by atoms with E-state index in [-0.39, 0.29) is 11.9 Å². The van der Waals surface area contributed by atoms with Crippen LogP contribution in [0.25, 0.3) is 11.1 Å². The molecule has 0 fully saturated rings. The molecule has 1 aliphatic rings. The van der Waals surface area contributed by atoms with Gasteiger partial charge in [-0.15, -0.1) is 5.01 Å². The molecule has 0 N–H and O–H groups in total. The van der Waals surface area contributed by atoms with Crippen LogP contribution in [-0.2, 0) is 4.79 Å². The Labute approximate surface area is 116 Å². The number of hydrogen-bond donors (Lipinski definition) is 0. The Balaban J connectivity index is 2.01. The first-order valence-corrected chi connectivity index (χ1v) is 6.20. The molecule has 6 nitrogen and oxygen atoms in total. The number of oxazole rings is 1. The van der Waals surface area contributed by atoms with Gasteiger partial charge >= 0.3 is 6.01 Å². The highest BCUT2D eigenvalue weighted by Crippen LogP contribution is 2.26. The van der Waals surface area contributed by atoms with Gasteiger partial charge in [0.25, 0.3) is 5.91 Å². The number of anilines is 1. The fourth-order valence-electron chi connectivity index (χ4n) is 2.01. The minimum Gasteiger partial charge on any atom is -0.422 e. The van der Waals surface area contributed by atoms with E-state index in [1.807, 2.05) is 37.2 Å². The van der Waals surface area contributed by atoms with Crippen LogP contribution in [0.2, 0.25) is 0 Å². The molecule has 20 heavy (non-hydrogen) atoms. The molecular formula is C14H14N4O2. The van der Waals surface area contributed by atoms with Gasteiger partial charge in [-0.25, -0.2) is 0 Å². The van der Waals surface area contributed by atoms with Crippen LogP contribution in [0.15, 0.2) is 45.6 Å². The Hall–Kier alpha value is -2.63. The molecule has 2 aromatic rings. The normalized spacial score (nSPS) is 17.1. The van der Waals surface area contributed by atoms with Crippen molar-refractivity contribution in [1.82, 2.24) is 9.88 Å². The summed E-state index contributed by atoms with van der Waals surface area (Å²) in [6.45, 7) is 1.79. The summed E-state index contributed by atoms with van der Waals surface area (Å²) in [5.41, 5.74) is 2.52. The number of fused-ring (bicyclic) bond motifs is 1. The summed E-state index contributed by atoms with van der Waals surface area (Å²) in [6.07, 6.45) is 1.74. The van der Waals surface area contributed by atoms with Crippen molar-refractivity contribution < 1.29 is 9.21 Å². The molecule has 1 aromatic carbocycles. The Morgan fingerprint density at radius 2 is 2.05 bits per heavy atom. The SMILES string of the molecule is CC1=NN(c2nc3ccccc3o2)C(=O)C1=CN(C)C. The standard InChI is InChI=1S/C14H14N4O2/c1-9-10(8-17(2)3)13(19)18(16-9)14-15-11-6-4-5-7-12(11)20-14/h4-8H,1-3H3. The second-order valence-electron chi connectivity index (χ2n) is 4.77. The van der Waals surface area contributed by atoms with E-state index in [1.54, 1.807) is 19.2 Å². The van der Waals surface area contributed by atoms with Crippen LogP contribution in [0.4, 0.5) is 6.01 Å². The number of para-hydroxylation sites is 2. The predicted molar refractivity (Wildman–Crippen MR) is 76.4 cm³/mol. The zero-order chi connectivity index (χ0) is 14.3. The largest absolute Gasteiger partial charge is 0.422 e. The molecule has 3 rings (SSSR count). The molecule has 0 saturated heterocycles. The number of nitrogens with zero attached hydrogens (tertiary/aromatic N) is 4. The topological polar surface area (TPSA) is 61.9 Å². The van der Waals surface area contributed by atoms with Crippen LogP contribution < -0.4 is 5.01 Å². The molecule has 102 valence electrons. The van der Waals surface area contributed by atoms with E-state index < -0.39 is 0 Å². The van der Waals surface area contributed by atoms with Crippen molar-refractivity contribution in [1.29, 1.82) is 0 Å². The Morgan fingerprint density at radius 3 is 2.75 bits per heavy atom. The van der Waals surface area contributed by atoms with Gasteiger partial charge in [0, 0.05) is 20.3 Å². The van der Waals surface area contributed by atoms with Gasteiger partial charge in [-0.1, -0.05) is 12.1 Å².